The van der Waals surface area contributed by atoms with E-state index in [2.05, 4.69) is 15.1 Å². The van der Waals surface area contributed by atoms with Crippen LogP contribution in [-0.2, 0) is 20.0 Å². The molecule has 0 amide bonds. The first-order valence-electron chi connectivity index (χ1n) is 4.76. The summed E-state index contributed by atoms with van der Waals surface area (Å²) in [5.74, 6) is 0.847. The number of aromatic nitrogens is 5. The van der Waals surface area contributed by atoms with Crippen molar-refractivity contribution in [3.8, 4) is 0 Å². The second kappa shape index (κ2) is 3.98. The molecule has 80 valence electrons. The van der Waals surface area contributed by atoms with Gasteiger partial charge in [-0.05, 0) is 19.1 Å². The van der Waals surface area contributed by atoms with Crippen LogP contribution < -0.4 is 0 Å². The third-order valence-corrected chi connectivity index (χ3v) is 2.62. The van der Waals surface area contributed by atoms with E-state index < -0.39 is 0 Å². The summed E-state index contributed by atoms with van der Waals surface area (Å²) in [6, 6.07) is 0. The van der Waals surface area contributed by atoms with Crippen LogP contribution >= 0.6 is 12.2 Å². The zero-order chi connectivity index (χ0) is 10.8. The first kappa shape index (κ1) is 10.1. The number of aryl methyl sites for hydroxylation is 3. The lowest BCUT2D eigenvalue weighted by Gasteiger charge is -2.02. The lowest BCUT2D eigenvalue weighted by molar-refractivity contribution is 0.640. The molecule has 5 nitrogen and oxygen atoms in total. The highest BCUT2D eigenvalue weighted by Gasteiger charge is 2.02. The summed E-state index contributed by atoms with van der Waals surface area (Å²) in [6.07, 6.45) is 4.42. The SMILES string of the molecule is Cc1c[nH]c(=S)n1CCc1ncn(C)n1. The number of hydrogen-bond donors (Lipinski definition) is 1. The van der Waals surface area contributed by atoms with Crippen LogP contribution in [0.15, 0.2) is 12.5 Å². The van der Waals surface area contributed by atoms with E-state index in [1.165, 1.54) is 0 Å². The maximum absolute atomic E-state index is 5.15. The highest BCUT2D eigenvalue weighted by Crippen LogP contribution is 2.01. The fraction of sp³-hybridized carbons (Fsp3) is 0.444. The molecule has 2 heterocycles. The molecule has 1 N–H and O–H groups in total. The summed E-state index contributed by atoms with van der Waals surface area (Å²) in [4.78, 5) is 7.18. The molecule has 6 heteroatoms. The number of hydrogen-bond acceptors (Lipinski definition) is 3. The van der Waals surface area contributed by atoms with Crippen LogP contribution in [0.5, 0.6) is 0 Å². The fourth-order valence-electron chi connectivity index (χ4n) is 1.47. The predicted octanol–water partition coefficient (Wildman–Crippen LogP) is 1.23. The Kier molecular flexibility index (Phi) is 2.68. The average molecular weight is 223 g/mol. The monoisotopic (exact) mass is 223 g/mol. The van der Waals surface area contributed by atoms with E-state index in [1.54, 1.807) is 11.0 Å². The van der Waals surface area contributed by atoms with Crippen molar-refractivity contribution in [1.82, 2.24) is 24.3 Å². The standard InChI is InChI=1S/C9H13N5S/c1-7-5-10-9(15)14(7)4-3-8-11-6-13(2)12-8/h5-6H,3-4H2,1-2H3,(H,10,15). The van der Waals surface area contributed by atoms with Gasteiger partial charge in [0.05, 0.1) is 0 Å². The minimum atomic E-state index is 0.753. The number of rotatable bonds is 3. The molecule has 0 atom stereocenters. The molecule has 0 spiro atoms. The molecule has 0 unspecified atom stereocenters. The first-order chi connectivity index (χ1) is 7.16. The van der Waals surface area contributed by atoms with Gasteiger partial charge in [-0.15, -0.1) is 0 Å². The second-order valence-corrected chi connectivity index (χ2v) is 3.86. The van der Waals surface area contributed by atoms with E-state index in [4.69, 9.17) is 12.2 Å². The van der Waals surface area contributed by atoms with Crippen LogP contribution in [0, 0.1) is 11.7 Å². The molecule has 0 saturated heterocycles. The average Bonchev–Trinajstić information content (AvgIpc) is 2.73. The number of nitrogens with zero attached hydrogens (tertiary/aromatic N) is 4. The van der Waals surface area contributed by atoms with Crippen molar-refractivity contribution in [2.24, 2.45) is 7.05 Å². The molecule has 0 saturated carbocycles. The maximum atomic E-state index is 5.15. The van der Waals surface area contributed by atoms with Crippen LogP contribution in [0.25, 0.3) is 0 Å². The minimum Gasteiger partial charge on any atom is -0.337 e. The first-order valence-corrected chi connectivity index (χ1v) is 5.17. The summed E-state index contributed by atoms with van der Waals surface area (Å²) in [5, 5.41) is 4.22. The van der Waals surface area contributed by atoms with Crippen molar-refractivity contribution in [3.05, 3.63) is 28.8 Å². The van der Waals surface area contributed by atoms with E-state index in [0.717, 1.165) is 29.3 Å². The predicted molar refractivity (Wildman–Crippen MR) is 59.1 cm³/mol. The topological polar surface area (TPSA) is 51.4 Å². The smallest absolute Gasteiger partial charge is 0.177 e. The van der Waals surface area contributed by atoms with Gasteiger partial charge in [0.25, 0.3) is 0 Å². The lowest BCUT2D eigenvalue weighted by atomic mass is 10.4. The van der Waals surface area contributed by atoms with Crippen LogP contribution in [0.3, 0.4) is 0 Å². The van der Waals surface area contributed by atoms with Gasteiger partial charge in [0, 0.05) is 31.9 Å². The van der Waals surface area contributed by atoms with Gasteiger partial charge in [0.2, 0.25) is 0 Å². The molecule has 2 aromatic rings. The third kappa shape index (κ3) is 2.15. The zero-order valence-corrected chi connectivity index (χ0v) is 9.58. The van der Waals surface area contributed by atoms with Crippen LogP contribution in [-0.4, -0.2) is 24.3 Å². The van der Waals surface area contributed by atoms with Crippen LogP contribution in [0.2, 0.25) is 0 Å². The van der Waals surface area contributed by atoms with Gasteiger partial charge < -0.3 is 9.55 Å². The van der Waals surface area contributed by atoms with E-state index >= 15 is 0 Å². The molecule has 15 heavy (non-hydrogen) atoms. The molecule has 2 aromatic heterocycles. The van der Waals surface area contributed by atoms with Crippen molar-refractivity contribution < 1.29 is 0 Å². The Morgan fingerprint density at radius 2 is 2.33 bits per heavy atom. The molecule has 0 fully saturated rings. The minimum absolute atomic E-state index is 0.753. The van der Waals surface area contributed by atoms with Gasteiger partial charge >= 0.3 is 0 Å². The Morgan fingerprint density at radius 3 is 2.87 bits per heavy atom. The molecule has 0 radical (unpaired) electrons. The van der Waals surface area contributed by atoms with Crippen molar-refractivity contribution in [1.29, 1.82) is 0 Å². The largest absolute Gasteiger partial charge is 0.337 e. The molecular formula is C9H13N5S. The number of aromatic amines is 1. The highest BCUT2D eigenvalue weighted by molar-refractivity contribution is 7.71. The Labute approximate surface area is 92.8 Å². The normalized spacial score (nSPS) is 10.8. The summed E-state index contributed by atoms with van der Waals surface area (Å²) in [7, 11) is 1.86. The summed E-state index contributed by atoms with van der Waals surface area (Å²) >= 11 is 5.15. The molecule has 0 aliphatic rings. The molecule has 0 bridgehead atoms. The third-order valence-electron chi connectivity index (χ3n) is 2.28. The summed E-state index contributed by atoms with van der Waals surface area (Å²) < 4.78 is 4.51. The Balaban J connectivity index is 2.08. The quantitative estimate of drug-likeness (QED) is 0.796. The Morgan fingerprint density at radius 1 is 1.53 bits per heavy atom. The van der Waals surface area contributed by atoms with Crippen molar-refractivity contribution in [2.75, 3.05) is 0 Å². The van der Waals surface area contributed by atoms with Gasteiger partial charge in [0.15, 0.2) is 10.6 Å². The summed E-state index contributed by atoms with van der Waals surface area (Å²) in [6.45, 7) is 2.84. The summed E-state index contributed by atoms with van der Waals surface area (Å²) in [5.41, 5.74) is 1.14. The fourth-order valence-corrected chi connectivity index (χ4v) is 1.76. The molecular weight excluding hydrogens is 210 g/mol. The highest BCUT2D eigenvalue weighted by atomic mass is 32.1. The molecule has 2 rings (SSSR count). The van der Waals surface area contributed by atoms with Crippen molar-refractivity contribution >= 4 is 12.2 Å². The van der Waals surface area contributed by atoms with E-state index in [1.807, 2.05) is 24.7 Å². The number of nitrogens with one attached hydrogen (secondary N) is 1. The van der Waals surface area contributed by atoms with Crippen LogP contribution in [0.1, 0.15) is 11.5 Å². The van der Waals surface area contributed by atoms with Gasteiger partial charge in [-0.25, -0.2) is 4.98 Å². The molecule has 0 aliphatic heterocycles. The number of imidazole rings is 1. The van der Waals surface area contributed by atoms with Crippen molar-refractivity contribution in [3.63, 3.8) is 0 Å². The maximum Gasteiger partial charge on any atom is 0.177 e. The second-order valence-electron chi connectivity index (χ2n) is 3.47. The van der Waals surface area contributed by atoms with E-state index in [-0.39, 0.29) is 0 Å². The molecule has 0 aromatic carbocycles. The molecule has 0 aliphatic carbocycles. The zero-order valence-electron chi connectivity index (χ0n) is 8.77. The van der Waals surface area contributed by atoms with E-state index in [0.29, 0.717) is 0 Å². The number of H-pyrrole nitrogens is 1. The van der Waals surface area contributed by atoms with Crippen molar-refractivity contribution in [2.45, 2.75) is 19.9 Å². The van der Waals surface area contributed by atoms with Gasteiger partial charge in [-0.1, -0.05) is 0 Å². The van der Waals surface area contributed by atoms with E-state index in [9.17, 15) is 0 Å². The Bertz CT molecular complexity index is 507. The lowest BCUT2D eigenvalue weighted by Crippen LogP contribution is -2.04. The van der Waals surface area contributed by atoms with Gasteiger partial charge in [0.1, 0.15) is 6.33 Å². The van der Waals surface area contributed by atoms with Crippen LogP contribution in [0.4, 0.5) is 0 Å². The van der Waals surface area contributed by atoms with Gasteiger partial charge in [-0.2, -0.15) is 5.10 Å². The Hall–Kier alpha value is -1.43. The van der Waals surface area contributed by atoms with Gasteiger partial charge in [-0.3, -0.25) is 4.68 Å².